The molecule has 4 aliphatic carbocycles. The number of aromatic nitrogens is 1. The van der Waals surface area contributed by atoms with E-state index in [0.29, 0.717) is 17.1 Å². The van der Waals surface area contributed by atoms with Gasteiger partial charge < -0.3 is 5.32 Å². The van der Waals surface area contributed by atoms with Crippen LogP contribution in [-0.2, 0) is 10.2 Å². The van der Waals surface area contributed by atoms with E-state index in [1.165, 1.54) is 55.6 Å². The largest absolute Gasteiger partial charge is 0.325 e. The Bertz CT molecular complexity index is 996. The van der Waals surface area contributed by atoms with Gasteiger partial charge in [-0.15, -0.1) is 23.1 Å². The summed E-state index contributed by atoms with van der Waals surface area (Å²) in [7, 11) is 0. The number of rotatable bonds is 3. The zero-order valence-electron chi connectivity index (χ0n) is 16.8. The maximum atomic E-state index is 12.9. The Balaban J connectivity index is 1.20. The van der Waals surface area contributed by atoms with E-state index in [1.807, 2.05) is 12.1 Å². The standard InChI is InChI=1S/C23H25N3O2S2/c27-20-3-4-29-18-2-1-16(8-17(18)24-20)21(28)26-22-25-19(12-30-22)23-9-13-5-14(10-23)7-15(6-13)11-23/h1-2,8,12-15H,3-7,9-11H2,(H,24,27)(H,25,26,28). The molecule has 4 fully saturated rings. The van der Waals surface area contributed by atoms with E-state index in [0.717, 1.165) is 34.1 Å². The molecule has 2 heterocycles. The Morgan fingerprint density at radius 2 is 1.87 bits per heavy atom. The van der Waals surface area contributed by atoms with Crippen LogP contribution in [-0.4, -0.2) is 22.6 Å². The van der Waals surface area contributed by atoms with Crippen molar-refractivity contribution in [2.75, 3.05) is 16.4 Å². The van der Waals surface area contributed by atoms with Crippen LogP contribution in [0.1, 0.15) is 61.0 Å². The Hall–Kier alpha value is -1.86. The minimum Gasteiger partial charge on any atom is -0.325 e. The van der Waals surface area contributed by atoms with Gasteiger partial charge in [0.05, 0.1) is 11.4 Å². The molecule has 7 heteroatoms. The highest BCUT2D eigenvalue weighted by Crippen LogP contribution is 2.60. The lowest BCUT2D eigenvalue weighted by Crippen LogP contribution is -2.48. The number of hydrogen-bond acceptors (Lipinski definition) is 5. The molecule has 4 saturated carbocycles. The summed E-state index contributed by atoms with van der Waals surface area (Å²) in [5.41, 5.74) is 2.72. The maximum Gasteiger partial charge on any atom is 0.257 e. The molecule has 156 valence electrons. The highest BCUT2D eigenvalue weighted by Gasteiger charge is 2.52. The molecule has 5 nitrogen and oxygen atoms in total. The number of fused-ring (bicyclic) bond motifs is 1. The van der Waals surface area contributed by atoms with Gasteiger partial charge in [0, 0.05) is 33.4 Å². The Morgan fingerprint density at radius 3 is 2.60 bits per heavy atom. The summed E-state index contributed by atoms with van der Waals surface area (Å²) in [4.78, 5) is 30.6. The predicted molar refractivity (Wildman–Crippen MR) is 120 cm³/mol. The lowest BCUT2D eigenvalue weighted by molar-refractivity contribution is -0.115. The fourth-order valence-corrected chi connectivity index (χ4v) is 8.30. The third kappa shape index (κ3) is 3.26. The van der Waals surface area contributed by atoms with Gasteiger partial charge in [-0.25, -0.2) is 4.98 Å². The van der Waals surface area contributed by atoms with Crippen molar-refractivity contribution in [1.29, 1.82) is 0 Å². The topological polar surface area (TPSA) is 71.1 Å². The van der Waals surface area contributed by atoms with E-state index in [4.69, 9.17) is 4.98 Å². The van der Waals surface area contributed by atoms with Gasteiger partial charge >= 0.3 is 0 Å². The minimum atomic E-state index is -0.173. The molecule has 0 saturated heterocycles. The molecular formula is C23H25N3O2S2. The second kappa shape index (κ2) is 7.09. The zero-order chi connectivity index (χ0) is 20.3. The van der Waals surface area contributed by atoms with E-state index in [9.17, 15) is 9.59 Å². The number of carbonyl (C=O) groups excluding carboxylic acids is 2. The molecule has 1 aromatic carbocycles. The zero-order valence-corrected chi connectivity index (χ0v) is 18.4. The van der Waals surface area contributed by atoms with Crippen LogP contribution in [0.15, 0.2) is 28.5 Å². The molecule has 5 aliphatic rings. The van der Waals surface area contributed by atoms with Crippen LogP contribution in [0, 0.1) is 17.8 Å². The first-order valence-corrected chi connectivity index (χ1v) is 12.8. The van der Waals surface area contributed by atoms with E-state index in [-0.39, 0.29) is 17.2 Å². The third-order valence-electron chi connectivity index (χ3n) is 7.41. The monoisotopic (exact) mass is 439 g/mol. The predicted octanol–water partition coefficient (Wildman–Crippen LogP) is 5.30. The molecule has 2 aromatic rings. The number of hydrogen-bond donors (Lipinski definition) is 2. The molecular weight excluding hydrogens is 414 g/mol. The van der Waals surface area contributed by atoms with Gasteiger partial charge in [-0.2, -0.15) is 0 Å². The van der Waals surface area contributed by atoms with Crippen molar-refractivity contribution in [1.82, 2.24) is 4.98 Å². The highest BCUT2D eigenvalue weighted by molar-refractivity contribution is 7.99. The first-order chi connectivity index (χ1) is 14.6. The van der Waals surface area contributed by atoms with Gasteiger partial charge in [0.2, 0.25) is 5.91 Å². The fourth-order valence-electron chi connectivity index (χ4n) is 6.53. The number of benzene rings is 1. The lowest BCUT2D eigenvalue weighted by Gasteiger charge is -2.56. The molecule has 4 bridgehead atoms. The second-order valence-electron chi connectivity index (χ2n) is 9.55. The van der Waals surface area contributed by atoms with Gasteiger partial charge in [-0.05, 0) is 74.5 Å². The molecule has 7 rings (SSSR count). The van der Waals surface area contributed by atoms with Crippen LogP contribution in [0.4, 0.5) is 10.8 Å². The molecule has 1 aromatic heterocycles. The quantitative estimate of drug-likeness (QED) is 0.681. The maximum absolute atomic E-state index is 12.9. The number of nitrogens with zero attached hydrogens (tertiary/aromatic N) is 1. The molecule has 0 atom stereocenters. The first-order valence-electron chi connectivity index (χ1n) is 10.9. The van der Waals surface area contributed by atoms with Crippen molar-refractivity contribution in [2.45, 2.75) is 55.3 Å². The Kier molecular flexibility index (Phi) is 4.46. The molecule has 2 amide bonds. The van der Waals surface area contributed by atoms with Crippen molar-refractivity contribution >= 4 is 45.7 Å². The summed E-state index contributed by atoms with van der Waals surface area (Å²) < 4.78 is 0. The van der Waals surface area contributed by atoms with E-state index in [2.05, 4.69) is 16.0 Å². The summed E-state index contributed by atoms with van der Waals surface area (Å²) in [6.45, 7) is 0. The molecule has 0 radical (unpaired) electrons. The average molecular weight is 440 g/mol. The van der Waals surface area contributed by atoms with Crippen molar-refractivity contribution in [3.8, 4) is 0 Å². The highest BCUT2D eigenvalue weighted by atomic mass is 32.2. The van der Waals surface area contributed by atoms with E-state index in [1.54, 1.807) is 17.8 Å². The summed E-state index contributed by atoms with van der Waals surface area (Å²) >= 11 is 3.18. The van der Waals surface area contributed by atoms with Crippen LogP contribution >= 0.6 is 23.1 Å². The molecule has 1 aliphatic heterocycles. The summed E-state index contributed by atoms with van der Waals surface area (Å²) in [5, 5.41) is 8.76. The first kappa shape index (κ1) is 18.9. The fraction of sp³-hybridized carbons (Fsp3) is 0.522. The smallest absolute Gasteiger partial charge is 0.257 e. The number of thioether (sulfide) groups is 1. The molecule has 2 N–H and O–H groups in total. The SMILES string of the molecule is O=C1CCSc2ccc(C(=O)Nc3nc(C45CC6CC(CC(C6)C4)C5)cs3)cc2N1. The Morgan fingerprint density at radius 1 is 1.13 bits per heavy atom. The van der Waals surface area contributed by atoms with Gasteiger partial charge in [0.1, 0.15) is 0 Å². The van der Waals surface area contributed by atoms with Crippen molar-refractivity contribution in [3.63, 3.8) is 0 Å². The number of nitrogens with one attached hydrogen (secondary N) is 2. The van der Waals surface area contributed by atoms with E-state index >= 15 is 0 Å². The van der Waals surface area contributed by atoms with Gasteiger partial charge in [0.25, 0.3) is 5.91 Å². The number of amides is 2. The van der Waals surface area contributed by atoms with Crippen LogP contribution < -0.4 is 10.6 Å². The third-order valence-corrected chi connectivity index (χ3v) is 9.24. The molecule has 30 heavy (non-hydrogen) atoms. The normalized spacial score (nSPS) is 31.7. The van der Waals surface area contributed by atoms with E-state index < -0.39 is 0 Å². The average Bonchev–Trinajstić information content (AvgIpc) is 3.09. The summed E-state index contributed by atoms with van der Waals surface area (Å²) in [5.74, 6) is 3.22. The summed E-state index contributed by atoms with van der Waals surface area (Å²) in [6.07, 6.45) is 8.57. The van der Waals surface area contributed by atoms with Gasteiger partial charge in [0.15, 0.2) is 5.13 Å². The van der Waals surface area contributed by atoms with Gasteiger partial charge in [-0.3, -0.25) is 14.9 Å². The van der Waals surface area contributed by atoms with Crippen LogP contribution in [0.25, 0.3) is 0 Å². The molecule has 0 unspecified atom stereocenters. The lowest BCUT2D eigenvalue weighted by atomic mass is 9.49. The minimum absolute atomic E-state index is 0.000976. The van der Waals surface area contributed by atoms with Crippen LogP contribution in [0.3, 0.4) is 0 Å². The Labute approximate surface area is 184 Å². The van der Waals surface area contributed by atoms with Crippen molar-refractivity contribution in [2.24, 2.45) is 17.8 Å². The van der Waals surface area contributed by atoms with Crippen molar-refractivity contribution in [3.05, 3.63) is 34.8 Å². The summed E-state index contributed by atoms with van der Waals surface area (Å²) in [6, 6.07) is 5.52. The van der Waals surface area contributed by atoms with Crippen LogP contribution in [0.2, 0.25) is 0 Å². The van der Waals surface area contributed by atoms with Crippen molar-refractivity contribution < 1.29 is 9.59 Å². The van der Waals surface area contributed by atoms with Crippen LogP contribution in [0.5, 0.6) is 0 Å². The molecule has 0 spiro atoms. The number of thiazole rings is 1. The number of carbonyl (C=O) groups is 2. The van der Waals surface area contributed by atoms with Gasteiger partial charge in [-0.1, -0.05) is 0 Å². The number of anilines is 2. The second-order valence-corrected chi connectivity index (χ2v) is 11.5.